The number of fused-ring (bicyclic) bond motifs is 1. The van der Waals surface area contributed by atoms with Crippen molar-refractivity contribution in [2.45, 2.75) is 0 Å². The van der Waals surface area contributed by atoms with Crippen molar-refractivity contribution in [3.8, 4) is 0 Å². The fourth-order valence-electron chi connectivity index (χ4n) is 1.93. The van der Waals surface area contributed by atoms with Crippen LogP contribution in [0.3, 0.4) is 0 Å². The maximum atomic E-state index is 10.5. The lowest BCUT2D eigenvalue weighted by Crippen LogP contribution is -1.94. The van der Waals surface area contributed by atoms with Crippen LogP contribution in [0.15, 0.2) is 53.9 Å². The first-order valence-electron chi connectivity index (χ1n) is 6.20. The highest BCUT2D eigenvalue weighted by molar-refractivity contribution is 5.99. The third kappa shape index (κ3) is 2.71. The minimum atomic E-state index is -0.494. The molecule has 21 heavy (non-hydrogen) atoms. The summed E-state index contributed by atoms with van der Waals surface area (Å²) in [5.41, 5.74) is 4.66. The Labute approximate surface area is 119 Å². The Kier molecular flexibility index (Phi) is 3.30. The van der Waals surface area contributed by atoms with E-state index in [1.54, 1.807) is 6.21 Å². The average Bonchev–Trinajstić information content (AvgIpc) is 2.91. The topological polar surface area (TPSA) is 96.2 Å². The summed E-state index contributed by atoms with van der Waals surface area (Å²) in [6.07, 6.45) is 4.71. The van der Waals surface area contributed by atoms with Crippen molar-refractivity contribution in [3.63, 3.8) is 0 Å². The molecule has 0 spiro atoms. The van der Waals surface area contributed by atoms with Crippen molar-refractivity contribution in [2.24, 2.45) is 5.10 Å². The number of nitrogens with one attached hydrogen (secondary N) is 2. The van der Waals surface area contributed by atoms with Gasteiger partial charge in [0.15, 0.2) is 0 Å². The van der Waals surface area contributed by atoms with Gasteiger partial charge in [0.05, 0.1) is 11.1 Å². The maximum Gasteiger partial charge on any atom is 0.287 e. The maximum absolute atomic E-state index is 10.5. The molecule has 0 aliphatic carbocycles. The lowest BCUT2D eigenvalue weighted by atomic mass is 10.2. The number of hydrogen-bond acceptors (Lipinski definition) is 5. The van der Waals surface area contributed by atoms with Gasteiger partial charge in [0.2, 0.25) is 0 Å². The average molecular weight is 281 g/mol. The number of aromatic amines is 1. The monoisotopic (exact) mass is 281 g/mol. The van der Waals surface area contributed by atoms with E-state index < -0.39 is 4.92 Å². The van der Waals surface area contributed by atoms with Crippen molar-refractivity contribution in [1.29, 1.82) is 0 Å². The lowest BCUT2D eigenvalue weighted by molar-refractivity contribution is -0.385. The van der Waals surface area contributed by atoms with Crippen LogP contribution >= 0.6 is 0 Å². The van der Waals surface area contributed by atoms with Crippen molar-refractivity contribution in [3.05, 3.63) is 64.5 Å². The highest BCUT2D eigenvalue weighted by Gasteiger charge is 2.04. The fraction of sp³-hybridized carbons (Fsp3) is 0. The molecule has 1 aromatic carbocycles. The van der Waals surface area contributed by atoms with Crippen LogP contribution in [0.4, 0.5) is 11.5 Å². The zero-order chi connectivity index (χ0) is 14.7. The molecule has 104 valence electrons. The van der Waals surface area contributed by atoms with E-state index in [4.69, 9.17) is 0 Å². The minimum absolute atomic E-state index is 0.0545. The number of hydrogen-bond donors (Lipinski definition) is 2. The van der Waals surface area contributed by atoms with Crippen LogP contribution in [0, 0.1) is 10.1 Å². The first kappa shape index (κ1) is 12.8. The SMILES string of the molecule is O=[N+]([O-])c1ccc(N/N=C\c2c[nH]c3ccccc23)nc1. The Hall–Kier alpha value is -3.22. The van der Waals surface area contributed by atoms with Gasteiger partial charge in [0.25, 0.3) is 5.69 Å². The molecular formula is C14H11N5O2. The molecule has 2 N–H and O–H groups in total. The van der Waals surface area contributed by atoms with Crippen LogP contribution < -0.4 is 5.43 Å². The highest BCUT2D eigenvalue weighted by Crippen LogP contribution is 2.16. The minimum Gasteiger partial charge on any atom is -0.361 e. The Morgan fingerprint density at radius 2 is 2.14 bits per heavy atom. The fourth-order valence-corrected chi connectivity index (χ4v) is 1.93. The second-order valence-corrected chi connectivity index (χ2v) is 4.32. The molecule has 0 fully saturated rings. The molecule has 2 aromatic heterocycles. The number of benzene rings is 1. The molecular weight excluding hydrogens is 270 g/mol. The molecule has 0 bridgehead atoms. The summed E-state index contributed by atoms with van der Waals surface area (Å²) in [7, 11) is 0. The molecule has 0 aliphatic heterocycles. The second kappa shape index (κ2) is 5.41. The first-order valence-corrected chi connectivity index (χ1v) is 6.20. The van der Waals surface area contributed by atoms with Gasteiger partial charge in [-0.2, -0.15) is 5.10 Å². The third-order valence-corrected chi connectivity index (χ3v) is 2.96. The van der Waals surface area contributed by atoms with E-state index in [9.17, 15) is 10.1 Å². The zero-order valence-corrected chi connectivity index (χ0v) is 10.9. The van der Waals surface area contributed by atoms with Gasteiger partial charge in [-0.05, 0) is 12.1 Å². The first-order chi connectivity index (χ1) is 10.2. The highest BCUT2D eigenvalue weighted by atomic mass is 16.6. The number of nitrogens with zero attached hydrogens (tertiary/aromatic N) is 3. The molecule has 2 heterocycles. The van der Waals surface area contributed by atoms with Gasteiger partial charge in [-0.1, -0.05) is 18.2 Å². The number of H-pyrrole nitrogens is 1. The zero-order valence-electron chi connectivity index (χ0n) is 10.9. The molecule has 0 unspecified atom stereocenters. The van der Waals surface area contributed by atoms with Crippen molar-refractivity contribution in [1.82, 2.24) is 9.97 Å². The molecule has 0 amide bonds. The number of rotatable bonds is 4. The summed E-state index contributed by atoms with van der Waals surface area (Å²) in [5, 5.41) is 15.7. The smallest absolute Gasteiger partial charge is 0.287 e. The van der Waals surface area contributed by atoms with Crippen LogP contribution in [0.2, 0.25) is 0 Å². The number of anilines is 1. The summed E-state index contributed by atoms with van der Waals surface area (Å²) >= 11 is 0. The van der Waals surface area contributed by atoms with Crippen LogP contribution in [-0.2, 0) is 0 Å². The van der Waals surface area contributed by atoms with Gasteiger partial charge in [0, 0.05) is 28.7 Å². The van der Waals surface area contributed by atoms with Gasteiger partial charge in [0.1, 0.15) is 12.0 Å². The Balaban J connectivity index is 1.73. The van der Waals surface area contributed by atoms with Gasteiger partial charge in [-0.3, -0.25) is 15.5 Å². The Morgan fingerprint density at radius 1 is 1.29 bits per heavy atom. The van der Waals surface area contributed by atoms with E-state index >= 15 is 0 Å². The largest absolute Gasteiger partial charge is 0.361 e. The number of nitro groups is 1. The predicted molar refractivity (Wildman–Crippen MR) is 80.4 cm³/mol. The van der Waals surface area contributed by atoms with E-state index in [1.807, 2.05) is 30.5 Å². The molecule has 7 heteroatoms. The van der Waals surface area contributed by atoms with E-state index in [1.165, 1.54) is 18.3 Å². The summed E-state index contributed by atoms with van der Waals surface area (Å²) < 4.78 is 0. The molecule has 0 saturated carbocycles. The van der Waals surface area contributed by atoms with Crippen LogP contribution in [-0.4, -0.2) is 21.1 Å². The summed E-state index contributed by atoms with van der Waals surface area (Å²) in [5.74, 6) is 0.441. The van der Waals surface area contributed by atoms with Gasteiger partial charge >= 0.3 is 0 Å². The molecule has 7 nitrogen and oxygen atoms in total. The van der Waals surface area contributed by atoms with Gasteiger partial charge < -0.3 is 4.98 Å². The summed E-state index contributed by atoms with van der Waals surface area (Å²) in [6, 6.07) is 10.8. The number of pyridine rings is 1. The van der Waals surface area contributed by atoms with Crippen LogP contribution in [0.25, 0.3) is 10.9 Å². The molecule has 3 aromatic rings. The normalized spacial score (nSPS) is 11.0. The third-order valence-electron chi connectivity index (χ3n) is 2.96. The quantitative estimate of drug-likeness (QED) is 0.436. The molecule has 0 atom stereocenters. The van der Waals surface area contributed by atoms with E-state index in [-0.39, 0.29) is 5.69 Å². The predicted octanol–water partition coefficient (Wildman–Crippen LogP) is 2.92. The molecule has 0 radical (unpaired) electrons. The van der Waals surface area contributed by atoms with E-state index in [2.05, 4.69) is 20.5 Å². The second-order valence-electron chi connectivity index (χ2n) is 4.32. The standard InChI is InChI=1S/C14H11N5O2/c20-19(21)11-5-6-14(16-9-11)18-17-8-10-7-15-13-4-2-1-3-12(10)13/h1-9,15H,(H,16,18)/b17-8-. The summed E-state index contributed by atoms with van der Waals surface area (Å²) in [6.45, 7) is 0. The summed E-state index contributed by atoms with van der Waals surface area (Å²) in [4.78, 5) is 17.1. The van der Waals surface area contributed by atoms with Gasteiger partial charge in [-0.15, -0.1) is 0 Å². The van der Waals surface area contributed by atoms with Crippen molar-refractivity contribution < 1.29 is 4.92 Å². The van der Waals surface area contributed by atoms with Crippen molar-refractivity contribution in [2.75, 3.05) is 5.43 Å². The van der Waals surface area contributed by atoms with Gasteiger partial charge in [-0.25, -0.2) is 4.98 Å². The molecule has 0 aliphatic rings. The number of para-hydroxylation sites is 1. The molecule has 0 saturated heterocycles. The number of aromatic nitrogens is 2. The van der Waals surface area contributed by atoms with Crippen molar-refractivity contribution >= 4 is 28.6 Å². The van der Waals surface area contributed by atoms with Crippen LogP contribution in [0.5, 0.6) is 0 Å². The lowest BCUT2D eigenvalue weighted by Gasteiger charge is -1.97. The number of hydrazone groups is 1. The van der Waals surface area contributed by atoms with E-state index in [0.29, 0.717) is 5.82 Å². The Bertz CT molecular complexity index is 808. The van der Waals surface area contributed by atoms with E-state index in [0.717, 1.165) is 16.5 Å². The Morgan fingerprint density at radius 3 is 2.90 bits per heavy atom. The van der Waals surface area contributed by atoms with Crippen LogP contribution in [0.1, 0.15) is 5.56 Å². The molecule has 3 rings (SSSR count).